The third kappa shape index (κ3) is 3.91. The first kappa shape index (κ1) is 20.0. The lowest BCUT2D eigenvalue weighted by Gasteiger charge is -2.36. The van der Waals surface area contributed by atoms with E-state index in [2.05, 4.69) is 5.32 Å². The summed E-state index contributed by atoms with van der Waals surface area (Å²) in [7, 11) is 0. The minimum Gasteiger partial charge on any atom is -0.489 e. The van der Waals surface area contributed by atoms with E-state index in [0.717, 1.165) is 0 Å². The van der Waals surface area contributed by atoms with Crippen molar-refractivity contribution in [3.8, 4) is 11.5 Å². The standard InChI is InChI=1S/C21H19ClN2O6/c1-2-28-20(26)9-14-10-29-18-8-13(22)4-5-16(18)24(14)21(27)12-3-6-17-15(7-12)23-19(25)11-30-17/h3-8,14H,2,9-11H2,1H3,(H,23,25). The lowest BCUT2D eigenvalue weighted by atomic mass is 10.0. The molecular formula is C21H19ClN2O6. The number of halogens is 1. The first-order chi connectivity index (χ1) is 14.5. The highest BCUT2D eigenvalue weighted by Crippen LogP contribution is 2.38. The molecule has 0 aromatic heterocycles. The molecule has 0 aliphatic carbocycles. The zero-order chi connectivity index (χ0) is 21.3. The maximum Gasteiger partial charge on any atom is 0.308 e. The summed E-state index contributed by atoms with van der Waals surface area (Å²) < 4.78 is 16.2. The van der Waals surface area contributed by atoms with Gasteiger partial charge in [0.2, 0.25) is 0 Å². The Balaban J connectivity index is 1.70. The Morgan fingerprint density at radius 3 is 2.83 bits per heavy atom. The van der Waals surface area contributed by atoms with Crippen LogP contribution in [0.15, 0.2) is 36.4 Å². The molecule has 1 unspecified atom stereocenters. The number of nitrogens with one attached hydrogen (secondary N) is 1. The van der Waals surface area contributed by atoms with Crippen molar-refractivity contribution in [3.05, 3.63) is 47.0 Å². The fourth-order valence-corrected chi connectivity index (χ4v) is 3.61. The van der Waals surface area contributed by atoms with Gasteiger partial charge in [-0.2, -0.15) is 0 Å². The van der Waals surface area contributed by atoms with Crippen LogP contribution in [-0.4, -0.2) is 43.6 Å². The van der Waals surface area contributed by atoms with Crippen molar-refractivity contribution in [1.82, 2.24) is 0 Å². The van der Waals surface area contributed by atoms with Gasteiger partial charge in [-0.15, -0.1) is 0 Å². The van der Waals surface area contributed by atoms with E-state index in [1.165, 1.54) is 4.90 Å². The molecule has 156 valence electrons. The Morgan fingerprint density at radius 2 is 2.03 bits per heavy atom. The van der Waals surface area contributed by atoms with E-state index in [1.54, 1.807) is 43.3 Å². The molecule has 2 aliphatic heterocycles. The van der Waals surface area contributed by atoms with Crippen LogP contribution in [0, 0.1) is 0 Å². The molecule has 1 atom stereocenters. The number of amides is 2. The van der Waals surface area contributed by atoms with E-state index >= 15 is 0 Å². The molecule has 9 heteroatoms. The van der Waals surface area contributed by atoms with Gasteiger partial charge in [0.25, 0.3) is 11.8 Å². The normalized spacial score (nSPS) is 17.1. The maximum absolute atomic E-state index is 13.5. The Hall–Kier alpha value is -3.26. The average molecular weight is 431 g/mol. The van der Waals surface area contributed by atoms with Crippen LogP contribution in [0.1, 0.15) is 23.7 Å². The fraction of sp³-hybridized carbons (Fsp3) is 0.286. The lowest BCUT2D eigenvalue weighted by Crippen LogP contribution is -2.48. The molecule has 2 aromatic rings. The molecule has 0 spiro atoms. The number of carbonyl (C=O) groups excluding carboxylic acids is 3. The van der Waals surface area contributed by atoms with Gasteiger partial charge in [0.05, 0.1) is 30.4 Å². The summed E-state index contributed by atoms with van der Waals surface area (Å²) in [5.74, 6) is -0.126. The van der Waals surface area contributed by atoms with Crippen molar-refractivity contribution in [1.29, 1.82) is 0 Å². The van der Waals surface area contributed by atoms with Crippen molar-refractivity contribution in [3.63, 3.8) is 0 Å². The molecule has 4 rings (SSSR count). The third-order valence-electron chi connectivity index (χ3n) is 4.76. The molecule has 0 saturated heterocycles. The SMILES string of the molecule is CCOC(=O)CC1COc2cc(Cl)ccc2N1C(=O)c1ccc2c(c1)NC(=O)CO2. The average Bonchev–Trinajstić information content (AvgIpc) is 2.72. The predicted molar refractivity (Wildman–Crippen MR) is 109 cm³/mol. The van der Waals surface area contributed by atoms with E-state index < -0.39 is 12.0 Å². The fourth-order valence-electron chi connectivity index (χ4n) is 3.45. The second-order valence-electron chi connectivity index (χ2n) is 6.81. The first-order valence-electron chi connectivity index (χ1n) is 9.44. The van der Waals surface area contributed by atoms with Crippen molar-refractivity contribution in [2.75, 3.05) is 30.0 Å². The zero-order valence-electron chi connectivity index (χ0n) is 16.1. The summed E-state index contributed by atoms with van der Waals surface area (Å²) in [5, 5.41) is 3.16. The van der Waals surface area contributed by atoms with Gasteiger partial charge in [-0.05, 0) is 37.3 Å². The molecule has 30 heavy (non-hydrogen) atoms. The maximum atomic E-state index is 13.5. The predicted octanol–water partition coefficient (Wildman–Crippen LogP) is 3.03. The molecule has 2 amide bonds. The number of esters is 1. The first-order valence-corrected chi connectivity index (χ1v) is 9.82. The minimum atomic E-state index is -0.563. The number of anilines is 2. The molecule has 2 heterocycles. The van der Waals surface area contributed by atoms with Gasteiger partial charge in [0.1, 0.15) is 18.1 Å². The number of hydrogen-bond donors (Lipinski definition) is 1. The van der Waals surface area contributed by atoms with E-state index in [0.29, 0.717) is 33.5 Å². The van der Waals surface area contributed by atoms with Crippen LogP contribution in [0.5, 0.6) is 11.5 Å². The van der Waals surface area contributed by atoms with Crippen LogP contribution in [0.25, 0.3) is 0 Å². The number of nitrogens with zero attached hydrogens (tertiary/aromatic N) is 1. The molecule has 0 radical (unpaired) electrons. The molecule has 0 saturated carbocycles. The van der Waals surface area contributed by atoms with Gasteiger partial charge in [0, 0.05) is 16.7 Å². The third-order valence-corrected chi connectivity index (χ3v) is 5.00. The van der Waals surface area contributed by atoms with Crippen molar-refractivity contribution >= 4 is 40.8 Å². The van der Waals surface area contributed by atoms with E-state index in [4.69, 9.17) is 25.8 Å². The Bertz CT molecular complexity index is 1020. The van der Waals surface area contributed by atoms with Crippen LogP contribution in [0.2, 0.25) is 5.02 Å². The van der Waals surface area contributed by atoms with Crippen LogP contribution < -0.4 is 19.7 Å². The molecule has 8 nitrogen and oxygen atoms in total. The zero-order valence-corrected chi connectivity index (χ0v) is 16.9. The number of benzene rings is 2. The summed E-state index contributed by atoms with van der Waals surface area (Å²) in [5.41, 5.74) is 1.25. The smallest absolute Gasteiger partial charge is 0.308 e. The van der Waals surface area contributed by atoms with Crippen LogP contribution in [0.3, 0.4) is 0 Å². The van der Waals surface area contributed by atoms with Crippen molar-refractivity contribution in [2.45, 2.75) is 19.4 Å². The number of ether oxygens (including phenoxy) is 3. The summed E-state index contributed by atoms with van der Waals surface area (Å²) in [6, 6.07) is 9.19. The van der Waals surface area contributed by atoms with Gasteiger partial charge in [-0.3, -0.25) is 19.3 Å². The second kappa shape index (κ2) is 8.23. The Morgan fingerprint density at radius 1 is 1.20 bits per heavy atom. The molecule has 1 N–H and O–H groups in total. The Kier molecular flexibility index (Phi) is 5.50. The van der Waals surface area contributed by atoms with Crippen molar-refractivity contribution in [2.24, 2.45) is 0 Å². The van der Waals surface area contributed by atoms with Gasteiger partial charge >= 0.3 is 5.97 Å². The monoisotopic (exact) mass is 430 g/mol. The van der Waals surface area contributed by atoms with Gasteiger partial charge in [0.15, 0.2) is 6.61 Å². The second-order valence-corrected chi connectivity index (χ2v) is 7.25. The van der Waals surface area contributed by atoms with Crippen LogP contribution in [0.4, 0.5) is 11.4 Å². The summed E-state index contributed by atoms with van der Waals surface area (Å²) in [4.78, 5) is 38.7. The van der Waals surface area contributed by atoms with E-state index in [-0.39, 0.29) is 38.1 Å². The topological polar surface area (TPSA) is 94.2 Å². The molecule has 2 aliphatic rings. The van der Waals surface area contributed by atoms with Crippen LogP contribution in [-0.2, 0) is 14.3 Å². The Labute approximate surface area is 177 Å². The molecule has 0 fully saturated rings. The summed E-state index contributed by atoms with van der Waals surface area (Å²) >= 11 is 6.06. The lowest BCUT2D eigenvalue weighted by molar-refractivity contribution is -0.143. The van der Waals surface area contributed by atoms with Gasteiger partial charge in [-0.1, -0.05) is 11.6 Å². The number of rotatable bonds is 4. The highest BCUT2D eigenvalue weighted by atomic mass is 35.5. The molecule has 0 bridgehead atoms. The van der Waals surface area contributed by atoms with E-state index in [1.807, 2.05) is 0 Å². The molecule has 2 aromatic carbocycles. The largest absolute Gasteiger partial charge is 0.489 e. The summed E-state index contributed by atoms with van der Waals surface area (Å²) in [6.45, 7) is 2.01. The highest BCUT2D eigenvalue weighted by molar-refractivity contribution is 6.31. The molecular weight excluding hydrogens is 412 g/mol. The van der Waals surface area contributed by atoms with Crippen molar-refractivity contribution < 1.29 is 28.6 Å². The number of carbonyl (C=O) groups is 3. The quantitative estimate of drug-likeness (QED) is 0.749. The van der Waals surface area contributed by atoms with Gasteiger partial charge in [-0.25, -0.2) is 0 Å². The number of fused-ring (bicyclic) bond motifs is 2. The highest BCUT2D eigenvalue weighted by Gasteiger charge is 2.35. The van der Waals surface area contributed by atoms with Gasteiger partial charge < -0.3 is 19.5 Å². The minimum absolute atomic E-state index is 0.0214. The summed E-state index contributed by atoms with van der Waals surface area (Å²) in [6.07, 6.45) is -0.0214. The number of hydrogen-bond acceptors (Lipinski definition) is 6. The van der Waals surface area contributed by atoms with Crippen LogP contribution >= 0.6 is 11.6 Å². The van der Waals surface area contributed by atoms with E-state index in [9.17, 15) is 14.4 Å².